The first-order valence-corrected chi connectivity index (χ1v) is 17.7. The van der Waals surface area contributed by atoms with Crippen molar-refractivity contribution >= 4 is 42.7 Å². The van der Waals surface area contributed by atoms with E-state index in [1.165, 1.54) is 29.5 Å². The number of aromatic nitrogens is 2. The molecule has 1 amide bonds. The van der Waals surface area contributed by atoms with E-state index >= 15 is 4.39 Å². The van der Waals surface area contributed by atoms with Gasteiger partial charge in [-0.05, 0) is 56.7 Å². The molecule has 2 bridgehead atoms. The Hall–Kier alpha value is -3.60. The van der Waals surface area contributed by atoms with Crippen LogP contribution < -0.4 is 10.2 Å². The Labute approximate surface area is 270 Å². The number of nitrogens with one attached hydrogen (secondary N) is 1. The third-order valence-corrected chi connectivity index (χ3v) is 10.7. The van der Waals surface area contributed by atoms with Crippen LogP contribution in [0.4, 0.5) is 22.7 Å². The lowest BCUT2D eigenvalue weighted by molar-refractivity contribution is -0.137. The molecule has 0 radical (unpaired) electrons. The summed E-state index contributed by atoms with van der Waals surface area (Å²) in [6, 6.07) is 8.00. The zero-order valence-corrected chi connectivity index (χ0v) is 26.4. The number of hydrogen-bond donors (Lipinski definition) is 2. The summed E-state index contributed by atoms with van der Waals surface area (Å²) < 4.78 is 99.8. The smallest absolute Gasteiger partial charge is 0.373 e. The van der Waals surface area contributed by atoms with Crippen molar-refractivity contribution < 1.29 is 44.6 Å². The normalized spacial score (nSPS) is 21.5. The summed E-state index contributed by atoms with van der Waals surface area (Å²) in [5.41, 5.74) is 0.0316. The molecule has 16 heteroatoms. The number of piperidine rings is 1. The maximum Gasteiger partial charge on any atom is 0.417 e. The van der Waals surface area contributed by atoms with E-state index in [1.54, 1.807) is 6.07 Å². The number of amides is 1. The number of carbonyl (C=O) groups is 1. The van der Waals surface area contributed by atoms with E-state index in [2.05, 4.69) is 20.4 Å². The number of rotatable bonds is 10. The second-order valence-electron chi connectivity index (χ2n) is 12.2. The van der Waals surface area contributed by atoms with Crippen LogP contribution in [0, 0.1) is 5.82 Å². The summed E-state index contributed by atoms with van der Waals surface area (Å²) in [7, 11) is -4.26. The van der Waals surface area contributed by atoms with Crippen molar-refractivity contribution in [1.29, 1.82) is 0 Å². The fraction of sp³-hybridized carbons (Fsp3) is 0.452. The van der Waals surface area contributed by atoms with Gasteiger partial charge in [0.1, 0.15) is 17.0 Å². The average molecular weight is 695 g/mol. The number of ether oxygens (including phenoxy) is 1. The minimum Gasteiger partial charge on any atom is -0.373 e. The maximum absolute atomic E-state index is 15.1. The quantitative estimate of drug-likeness (QED) is 0.144. The zero-order valence-electron chi connectivity index (χ0n) is 24.8. The number of fused-ring (bicyclic) bond motifs is 3. The minimum atomic E-state index is -4.55. The molecule has 4 aromatic rings. The van der Waals surface area contributed by atoms with Crippen LogP contribution in [-0.2, 0) is 27.6 Å². The van der Waals surface area contributed by atoms with Crippen LogP contribution in [0.15, 0.2) is 40.9 Å². The summed E-state index contributed by atoms with van der Waals surface area (Å²) in [4.78, 5) is 19.2. The van der Waals surface area contributed by atoms with Gasteiger partial charge in [-0.25, -0.2) is 9.37 Å². The van der Waals surface area contributed by atoms with Crippen LogP contribution in [0.2, 0.25) is 0 Å². The van der Waals surface area contributed by atoms with Crippen LogP contribution in [0.1, 0.15) is 71.7 Å². The number of alkyl halides is 3. The summed E-state index contributed by atoms with van der Waals surface area (Å²) in [6.45, 7) is -0.255. The van der Waals surface area contributed by atoms with E-state index in [-0.39, 0.29) is 59.6 Å². The van der Waals surface area contributed by atoms with Gasteiger partial charge in [-0.15, -0.1) is 0 Å². The Balaban J connectivity index is 1.06. The predicted molar refractivity (Wildman–Crippen MR) is 164 cm³/mol. The molecule has 3 aliphatic rings. The average Bonchev–Trinajstić information content (AvgIpc) is 3.52. The molecule has 2 aromatic heterocycles. The number of halogens is 4. The molecule has 3 atom stereocenters. The van der Waals surface area contributed by atoms with Crippen molar-refractivity contribution in [2.45, 2.75) is 75.4 Å². The SMILES string of the molecule is O=C(NCCS(=O)(=O)O)c1cc(F)c2nc(N3[C@@H]4CC[C@H]3CC(OCc3c(-c5ccccc5C(F)(F)F)noc3C3CC3)C4)sc2c1. The molecule has 0 spiro atoms. The Morgan fingerprint density at radius 2 is 1.85 bits per heavy atom. The van der Waals surface area contributed by atoms with Crippen molar-refractivity contribution in [2.75, 3.05) is 17.2 Å². The number of hydrogen-bond acceptors (Lipinski definition) is 9. The summed E-state index contributed by atoms with van der Waals surface area (Å²) in [5.74, 6) is -1.32. The lowest BCUT2D eigenvalue weighted by atomic mass is 9.98. The highest BCUT2D eigenvalue weighted by Crippen LogP contribution is 2.47. The number of anilines is 1. The van der Waals surface area contributed by atoms with Gasteiger partial charge in [-0.1, -0.05) is 34.7 Å². The predicted octanol–water partition coefficient (Wildman–Crippen LogP) is 6.32. The van der Waals surface area contributed by atoms with Gasteiger partial charge in [0.25, 0.3) is 16.0 Å². The zero-order chi connectivity index (χ0) is 33.1. The van der Waals surface area contributed by atoms with E-state index in [9.17, 15) is 26.4 Å². The Morgan fingerprint density at radius 3 is 2.53 bits per heavy atom. The molecule has 2 saturated heterocycles. The van der Waals surface area contributed by atoms with Crippen LogP contribution in [-0.4, -0.2) is 59.5 Å². The van der Waals surface area contributed by atoms with Crippen LogP contribution in [0.25, 0.3) is 21.5 Å². The molecule has 3 fully saturated rings. The molecule has 1 unspecified atom stereocenters. The lowest BCUT2D eigenvalue weighted by Crippen LogP contribution is -2.45. The third-order valence-electron chi connectivity index (χ3n) is 8.97. The molecular weight excluding hydrogens is 664 g/mol. The first-order chi connectivity index (χ1) is 22.4. The van der Waals surface area contributed by atoms with Gasteiger partial charge in [0, 0.05) is 41.2 Å². The fourth-order valence-electron chi connectivity index (χ4n) is 6.67. The van der Waals surface area contributed by atoms with Gasteiger partial charge in [0.05, 0.1) is 28.7 Å². The van der Waals surface area contributed by atoms with Gasteiger partial charge in [-0.2, -0.15) is 21.6 Å². The van der Waals surface area contributed by atoms with Crippen molar-refractivity contribution in [1.82, 2.24) is 15.5 Å². The van der Waals surface area contributed by atoms with Gasteiger partial charge in [0.2, 0.25) is 0 Å². The molecule has 47 heavy (non-hydrogen) atoms. The molecule has 2 aliphatic heterocycles. The fourth-order valence-corrected chi connectivity index (χ4v) is 8.19. The minimum absolute atomic E-state index is 0.00662. The largest absolute Gasteiger partial charge is 0.417 e. The molecule has 250 valence electrons. The summed E-state index contributed by atoms with van der Waals surface area (Å²) in [6.07, 6.45) is 0.0826. The van der Waals surface area contributed by atoms with Gasteiger partial charge < -0.3 is 19.5 Å². The first kappa shape index (κ1) is 32.0. The number of carbonyl (C=O) groups excluding carboxylic acids is 1. The van der Waals surface area contributed by atoms with Crippen LogP contribution in [0.5, 0.6) is 0 Å². The van der Waals surface area contributed by atoms with E-state index in [0.29, 0.717) is 34.0 Å². The van der Waals surface area contributed by atoms with Gasteiger partial charge in [0.15, 0.2) is 10.9 Å². The number of thiazole rings is 1. The van der Waals surface area contributed by atoms with Crippen molar-refractivity contribution in [3.63, 3.8) is 0 Å². The highest BCUT2D eigenvalue weighted by atomic mass is 32.2. The molecule has 1 aliphatic carbocycles. The first-order valence-electron chi connectivity index (χ1n) is 15.2. The Morgan fingerprint density at radius 1 is 1.13 bits per heavy atom. The number of benzene rings is 2. The number of nitrogens with zero attached hydrogens (tertiary/aromatic N) is 3. The lowest BCUT2D eigenvalue weighted by Gasteiger charge is -2.38. The molecule has 4 heterocycles. The maximum atomic E-state index is 15.1. The van der Waals surface area contributed by atoms with Gasteiger partial charge in [-0.3, -0.25) is 9.35 Å². The Bertz CT molecular complexity index is 1930. The summed E-state index contributed by atoms with van der Waals surface area (Å²) >= 11 is 1.26. The third kappa shape index (κ3) is 6.60. The van der Waals surface area contributed by atoms with Crippen molar-refractivity contribution in [3.8, 4) is 11.3 Å². The molecule has 2 aromatic carbocycles. The molecule has 10 nitrogen and oxygen atoms in total. The highest BCUT2D eigenvalue weighted by molar-refractivity contribution is 7.85. The molecule has 1 saturated carbocycles. The van der Waals surface area contributed by atoms with Crippen LogP contribution in [0.3, 0.4) is 0 Å². The summed E-state index contributed by atoms with van der Waals surface area (Å²) in [5, 5.41) is 7.07. The monoisotopic (exact) mass is 694 g/mol. The Kier molecular flexibility index (Phi) is 8.25. The second kappa shape index (κ2) is 12.1. The van der Waals surface area contributed by atoms with Gasteiger partial charge >= 0.3 is 6.18 Å². The van der Waals surface area contributed by atoms with Crippen molar-refractivity contribution in [3.05, 3.63) is 64.7 Å². The van der Waals surface area contributed by atoms with E-state index in [1.807, 2.05) is 0 Å². The molecule has 2 N–H and O–H groups in total. The van der Waals surface area contributed by atoms with E-state index in [4.69, 9.17) is 13.8 Å². The van der Waals surface area contributed by atoms with Crippen molar-refractivity contribution in [2.24, 2.45) is 0 Å². The van der Waals surface area contributed by atoms with Crippen LogP contribution >= 0.6 is 11.3 Å². The highest BCUT2D eigenvalue weighted by Gasteiger charge is 2.43. The standard InChI is InChI=1S/C31H30F4N4O6S2/c32-24-11-17(29(40)36-9-10-47(41,42)43)12-25-27(24)37-30(46-25)39-18-7-8-19(39)14-20(13-18)44-15-22-26(38-45-28(22)16-5-6-16)21-3-1-2-4-23(21)31(33,34)35/h1-4,11-12,16,18-20H,5-10,13-15H2,(H,36,40)(H,41,42,43)/t18-,19+,20?. The van der Waals surface area contributed by atoms with E-state index < -0.39 is 39.3 Å². The molecular formula is C31H30F4N4O6S2. The van der Waals surface area contributed by atoms with E-state index in [0.717, 1.165) is 37.8 Å². The molecule has 7 rings (SSSR count). The topological polar surface area (TPSA) is 135 Å². The second-order valence-corrected chi connectivity index (χ2v) is 14.8.